The van der Waals surface area contributed by atoms with Gasteiger partial charge in [0, 0.05) is 0 Å². The van der Waals surface area contributed by atoms with E-state index >= 15 is 0 Å². The third-order valence-electron chi connectivity index (χ3n) is 0.112. The minimum absolute atomic E-state index is 0.521. The Balaban J connectivity index is 3.85. The quantitative estimate of drug-likeness (QED) is 0.411. The van der Waals surface area contributed by atoms with Gasteiger partial charge in [-0.05, 0) is 0 Å². The molecular formula is H2NO4S. The summed E-state index contributed by atoms with van der Waals surface area (Å²) in [6, 6.07) is 0. The minimum Gasteiger partial charge on any atom is -0.300 e. The second-order valence-corrected chi connectivity index (χ2v) is 1.64. The van der Waals surface area contributed by atoms with E-state index in [1.54, 1.807) is 0 Å². The van der Waals surface area contributed by atoms with E-state index in [0.29, 0.717) is 4.89 Å². The van der Waals surface area contributed by atoms with Crippen LogP contribution in [0.3, 0.4) is 0 Å². The topological polar surface area (TPSA) is 86.3 Å². The van der Waals surface area contributed by atoms with Crippen molar-refractivity contribution in [3.63, 3.8) is 0 Å². The highest BCUT2D eigenvalue weighted by Crippen LogP contribution is 1.63. The van der Waals surface area contributed by atoms with Crippen molar-refractivity contribution in [1.29, 1.82) is 0 Å². The van der Waals surface area contributed by atoms with E-state index in [9.17, 15) is 0 Å². The summed E-state index contributed by atoms with van der Waals surface area (Å²) in [6.07, 6.45) is 0. The fourth-order valence-electron chi connectivity index (χ4n) is 0. The van der Waals surface area contributed by atoms with E-state index in [-0.39, 0.29) is 0 Å². The Morgan fingerprint density at radius 1 is 1.50 bits per heavy atom. The van der Waals surface area contributed by atoms with Gasteiger partial charge >= 0.3 is 10.3 Å². The molecule has 0 aromatic rings. The Hall–Kier alpha value is -0.170. The van der Waals surface area contributed by atoms with Crippen LogP contribution in [0.25, 0.3) is 0 Å². The second kappa shape index (κ2) is 1.52. The molecule has 0 rings (SSSR count). The zero-order chi connectivity index (χ0) is 5.21. The maximum Gasteiger partial charge on any atom is 0.385 e. The first-order chi connectivity index (χ1) is 2.56. The first-order valence-electron chi connectivity index (χ1n) is 0.928. The summed E-state index contributed by atoms with van der Waals surface area (Å²) in [5, 5.41) is 7.25. The molecule has 6 heteroatoms. The molecule has 0 spiro atoms. The van der Waals surface area contributed by atoms with Gasteiger partial charge in [-0.3, -0.25) is 0 Å². The average Bonchev–Trinajstić information content (AvgIpc) is 1.35. The summed E-state index contributed by atoms with van der Waals surface area (Å²) in [7, 11) is -4.61. The molecule has 0 aliphatic heterocycles. The highest BCUT2D eigenvalue weighted by Gasteiger charge is 1.97. The van der Waals surface area contributed by atoms with Crippen molar-refractivity contribution < 1.29 is 18.2 Å². The van der Waals surface area contributed by atoms with E-state index in [1.165, 1.54) is 0 Å². The van der Waals surface area contributed by atoms with E-state index in [0.717, 1.165) is 0 Å². The summed E-state index contributed by atoms with van der Waals surface area (Å²) >= 11 is 0. The van der Waals surface area contributed by atoms with Crippen LogP contribution < -0.4 is 4.89 Å². The standard InChI is InChI=1S/H2NO4S/c2-1-6(3,4)5/h1-2H. The van der Waals surface area contributed by atoms with Gasteiger partial charge in [0.15, 0.2) is 0 Å². The Morgan fingerprint density at radius 3 is 1.67 bits per heavy atom. The minimum atomic E-state index is -4.61. The van der Waals surface area contributed by atoms with Crippen LogP contribution in [0, 0.1) is 0 Å². The molecular weight excluding hydrogens is 110 g/mol. The summed E-state index contributed by atoms with van der Waals surface area (Å²) in [6.45, 7) is 0. The van der Waals surface area contributed by atoms with Crippen molar-refractivity contribution in [2.24, 2.45) is 0 Å². The van der Waals surface area contributed by atoms with Crippen LogP contribution in [0.1, 0.15) is 0 Å². The Morgan fingerprint density at radius 2 is 1.67 bits per heavy atom. The lowest BCUT2D eigenvalue weighted by atomic mass is 13.5. The molecule has 0 aromatic heterocycles. The van der Waals surface area contributed by atoms with Crippen molar-refractivity contribution >= 4 is 10.3 Å². The molecule has 0 bridgehead atoms. The van der Waals surface area contributed by atoms with Crippen LogP contribution >= 0.6 is 0 Å². The average molecular weight is 112 g/mol. The van der Waals surface area contributed by atoms with Gasteiger partial charge in [-0.2, -0.15) is 8.42 Å². The largest absolute Gasteiger partial charge is 0.385 e. The Kier molecular flexibility index (Phi) is 1.48. The van der Waals surface area contributed by atoms with Gasteiger partial charge in [0.05, 0.1) is 0 Å². The molecule has 0 aromatic carbocycles. The van der Waals surface area contributed by atoms with Gasteiger partial charge in [-0.15, -0.1) is 0 Å². The molecule has 0 aliphatic rings. The molecule has 5 nitrogen and oxygen atoms in total. The first-order valence-corrected chi connectivity index (χ1v) is 2.34. The van der Waals surface area contributed by atoms with Gasteiger partial charge in [0.25, 0.3) is 0 Å². The molecule has 37 valence electrons. The fraction of sp³-hybridized carbons (Fsp3) is 0. The Bertz CT molecular complexity index is 110. The lowest BCUT2D eigenvalue weighted by Crippen LogP contribution is -2.15. The van der Waals surface area contributed by atoms with Crippen LogP contribution in [0.2, 0.25) is 0 Å². The van der Waals surface area contributed by atoms with Crippen LogP contribution in [0.4, 0.5) is 0 Å². The zero-order valence-corrected chi connectivity index (χ0v) is 3.40. The van der Waals surface area contributed by atoms with Crippen LogP contribution in [0.5, 0.6) is 0 Å². The summed E-state index contributed by atoms with van der Waals surface area (Å²) in [5.74, 6) is 0. The molecule has 0 saturated carbocycles. The smallest absolute Gasteiger partial charge is 0.300 e. The van der Waals surface area contributed by atoms with Gasteiger partial charge in [-0.1, -0.05) is 9.44 Å². The fourth-order valence-corrected chi connectivity index (χ4v) is 0. The predicted octanol–water partition coefficient (Wildman–Crippen LogP) is -1.36. The lowest BCUT2D eigenvalue weighted by molar-refractivity contribution is 0.217. The van der Waals surface area contributed by atoms with Crippen LogP contribution in [-0.4, -0.2) is 13.6 Å². The molecule has 0 amide bonds. The molecule has 1 radical (unpaired) electrons. The predicted molar refractivity (Wildman–Crippen MR) is 14.5 cm³/mol. The van der Waals surface area contributed by atoms with Crippen molar-refractivity contribution in [2.45, 2.75) is 0 Å². The van der Waals surface area contributed by atoms with Gasteiger partial charge in [-0.25, -0.2) is 0 Å². The third-order valence-corrected chi connectivity index (χ3v) is 0.335. The van der Waals surface area contributed by atoms with Gasteiger partial charge in [0.1, 0.15) is 0 Å². The maximum absolute atomic E-state index is 9.08. The van der Waals surface area contributed by atoms with E-state index in [4.69, 9.17) is 18.2 Å². The summed E-state index contributed by atoms with van der Waals surface area (Å²) < 4.78 is 27.2. The molecule has 0 heterocycles. The first kappa shape index (κ1) is 5.83. The maximum atomic E-state index is 9.08. The lowest BCUT2D eigenvalue weighted by Gasteiger charge is -1.78. The molecule has 0 fully saturated rings. The SMILES string of the molecule is [O]S(=O)(=O)NO. The van der Waals surface area contributed by atoms with Crippen molar-refractivity contribution in [1.82, 2.24) is 4.89 Å². The number of rotatable bonds is 1. The van der Waals surface area contributed by atoms with Gasteiger partial charge in [0.2, 0.25) is 0 Å². The molecule has 2 N–H and O–H groups in total. The number of hydrogen-bond acceptors (Lipinski definition) is 3. The monoisotopic (exact) mass is 112 g/mol. The zero-order valence-electron chi connectivity index (χ0n) is 2.58. The molecule has 0 saturated heterocycles. The Labute approximate surface area is 34.4 Å². The second-order valence-electron chi connectivity index (χ2n) is 0.545. The summed E-state index contributed by atoms with van der Waals surface area (Å²) in [5.41, 5.74) is 0. The molecule has 0 aliphatic carbocycles. The molecule has 0 unspecified atom stereocenters. The third kappa shape index (κ3) is 3.83. The highest BCUT2D eigenvalue weighted by atomic mass is 32.2. The highest BCUT2D eigenvalue weighted by molar-refractivity contribution is 7.83. The molecule has 6 heavy (non-hydrogen) atoms. The van der Waals surface area contributed by atoms with Crippen molar-refractivity contribution in [3.05, 3.63) is 0 Å². The summed E-state index contributed by atoms with van der Waals surface area (Å²) in [4.78, 5) is 0.521. The number of nitrogens with one attached hydrogen (secondary N) is 1. The van der Waals surface area contributed by atoms with E-state index in [2.05, 4.69) is 0 Å². The van der Waals surface area contributed by atoms with Gasteiger partial charge < -0.3 is 5.21 Å². The van der Waals surface area contributed by atoms with Crippen molar-refractivity contribution in [3.8, 4) is 0 Å². The van der Waals surface area contributed by atoms with Crippen LogP contribution in [-0.2, 0) is 14.9 Å². The van der Waals surface area contributed by atoms with E-state index < -0.39 is 10.3 Å². The normalized spacial score (nSPS) is 11.7. The van der Waals surface area contributed by atoms with E-state index in [1.807, 2.05) is 0 Å². The van der Waals surface area contributed by atoms with Crippen LogP contribution in [0.15, 0.2) is 0 Å². The number of hydrogen-bond donors (Lipinski definition) is 2. The van der Waals surface area contributed by atoms with Crippen molar-refractivity contribution in [2.75, 3.05) is 0 Å². The molecule has 0 atom stereocenters.